The van der Waals surface area contributed by atoms with E-state index in [1.54, 1.807) is 0 Å². The van der Waals surface area contributed by atoms with Crippen LogP contribution < -0.4 is 5.32 Å². The molecule has 1 aromatic rings. The molecule has 0 aromatic heterocycles. The Balaban J connectivity index is 1.75. The second-order valence-corrected chi connectivity index (χ2v) is 6.09. The van der Waals surface area contributed by atoms with Crippen molar-refractivity contribution in [1.82, 2.24) is 5.32 Å². The molecule has 1 aliphatic rings. The van der Waals surface area contributed by atoms with Gasteiger partial charge >= 0.3 is 5.97 Å². The zero-order valence-electron chi connectivity index (χ0n) is 12.5. The summed E-state index contributed by atoms with van der Waals surface area (Å²) in [5, 5.41) is 11.5. The molecule has 1 amide bonds. The molecule has 2 unspecified atom stereocenters. The molecule has 0 fully saturated rings. The Kier molecular flexibility index (Phi) is 5.37. The van der Waals surface area contributed by atoms with Crippen LogP contribution in [0.4, 0.5) is 0 Å². The highest BCUT2D eigenvalue weighted by atomic mass is 16.4. The Morgan fingerprint density at radius 3 is 2.76 bits per heavy atom. The fraction of sp³-hybridized carbons (Fsp3) is 0.529. The number of amides is 1. The van der Waals surface area contributed by atoms with Crippen LogP contribution in [0.1, 0.15) is 37.3 Å². The van der Waals surface area contributed by atoms with Crippen LogP contribution in [0.3, 0.4) is 0 Å². The van der Waals surface area contributed by atoms with Crippen LogP contribution in [0.25, 0.3) is 0 Å². The normalized spacial score (nSPS) is 18.6. The zero-order valence-corrected chi connectivity index (χ0v) is 12.5. The molecule has 4 heteroatoms. The zero-order chi connectivity index (χ0) is 15.2. The van der Waals surface area contributed by atoms with Gasteiger partial charge in [0, 0.05) is 19.4 Å². The number of carboxylic acids is 1. The predicted octanol–water partition coefficient (Wildman–Crippen LogP) is 2.41. The summed E-state index contributed by atoms with van der Waals surface area (Å²) >= 11 is 0. The van der Waals surface area contributed by atoms with Crippen molar-refractivity contribution in [2.75, 3.05) is 6.54 Å². The number of rotatable bonds is 6. The van der Waals surface area contributed by atoms with Gasteiger partial charge in [-0.1, -0.05) is 31.2 Å². The smallest absolute Gasteiger partial charge is 0.303 e. The number of carbonyl (C=O) groups excluding carboxylic acids is 1. The molecule has 4 nitrogen and oxygen atoms in total. The minimum atomic E-state index is -0.819. The molecule has 0 radical (unpaired) electrons. The highest BCUT2D eigenvalue weighted by Gasteiger charge is 2.21. The summed E-state index contributed by atoms with van der Waals surface area (Å²) in [5.74, 6) is -0.412. The van der Waals surface area contributed by atoms with E-state index in [2.05, 4.69) is 29.6 Å². The molecule has 114 valence electrons. The van der Waals surface area contributed by atoms with E-state index in [0.29, 0.717) is 18.9 Å². The molecule has 0 spiro atoms. The third kappa shape index (κ3) is 4.88. The minimum Gasteiger partial charge on any atom is -0.481 e. The number of hydrogen-bond acceptors (Lipinski definition) is 2. The van der Waals surface area contributed by atoms with Crippen LogP contribution in [0.2, 0.25) is 0 Å². The van der Waals surface area contributed by atoms with Crippen LogP contribution in [-0.4, -0.2) is 23.5 Å². The quantitative estimate of drug-likeness (QED) is 0.845. The molecular formula is C17H23NO3. The van der Waals surface area contributed by atoms with Gasteiger partial charge in [-0.15, -0.1) is 0 Å². The first-order valence-electron chi connectivity index (χ1n) is 7.60. The predicted molar refractivity (Wildman–Crippen MR) is 81.0 cm³/mol. The van der Waals surface area contributed by atoms with E-state index in [9.17, 15) is 9.59 Å². The van der Waals surface area contributed by atoms with Crippen molar-refractivity contribution in [2.45, 2.75) is 39.0 Å². The maximum absolute atomic E-state index is 12.0. The Hall–Kier alpha value is -1.84. The van der Waals surface area contributed by atoms with E-state index >= 15 is 0 Å². The highest BCUT2D eigenvalue weighted by Crippen LogP contribution is 2.27. The van der Waals surface area contributed by atoms with Gasteiger partial charge in [0.1, 0.15) is 0 Å². The van der Waals surface area contributed by atoms with Crippen molar-refractivity contribution in [2.24, 2.45) is 11.8 Å². The Labute approximate surface area is 125 Å². The molecule has 2 rings (SSSR count). The molecule has 0 bridgehead atoms. The van der Waals surface area contributed by atoms with E-state index < -0.39 is 5.97 Å². The first kappa shape index (κ1) is 15.5. The van der Waals surface area contributed by atoms with Gasteiger partial charge in [-0.05, 0) is 42.2 Å². The highest BCUT2D eigenvalue weighted by molar-refractivity contribution is 5.76. The van der Waals surface area contributed by atoms with E-state index in [4.69, 9.17) is 5.11 Å². The standard InChI is InChI=1S/C17H23NO3/c1-12(8-17(20)21)11-18-16(19)10-13-6-7-14-4-2-3-5-15(14)9-13/h2-5,12-13H,6-11H2,1H3,(H,18,19)(H,20,21). The molecule has 0 aliphatic heterocycles. The first-order chi connectivity index (χ1) is 10.0. The Morgan fingerprint density at radius 1 is 1.33 bits per heavy atom. The van der Waals surface area contributed by atoms with E-state index in [0.717, 1.165) is 19.3 Å². The van der Waals surface area contributed by atoms with Crippen molar-refractivity contribution < 1.29 is 14.7 Å². The van der Waals surface area contributed by atoms with Gasteiger partial charge in [0.2, 0.25) is 5.91 Å². The van der Waals surface area contributed by atoms with Crippen molar-refractivity contribution in [3.63, 3.8) is 0 Å². The maximum Gasteiger partial charge on any atom is 0.303 e. The number of benzene rings is 1. The Morgan fingerprint density at radius 2 is 2.05 bits per heavy atom. The lowest BCUT2D eigenvalue weighted by Gasteiger charge is -2.24. The van der Waals surface area contributed by atoms with Gasteiger partial charge in [-0.3, -0.25) is 9.59 Å². The van der Waals surface area contributed by atoms with Gasteiger partial charge < -0.3 is 10.4 Å². The van der Waals surface area contributed by atoms with E-state index in [1.807, 2.05) is 6.92 Å². The monoisotopic (exact) mass is 289 g/mol. The summed E-state index contributed by atoms with van der Waals surface area (Å²) in [6.07, 6.45) is 3.69. The SMILES string of the molecule is CC(CNC(=O)CC1CCc2ccccc2C1)CC(=O)O. The number of aryl methyl sites for hydroxylation is 1. The third-order valence-electron chi connectivity index (χ3n) is 4.09. The number of aliphatic carboxylic acids is 1. The maximum atomic E-state index is 12.0. The average Bonchev–Trinajstić information content (AvgIpc) is 2.44. The van der Waals surface area contributed by atoms with Crippen LogP contribution >= 0.6 is 0 Å². The minimum absolute atomic E-state index is 0.0291. The van der Waals surface area contributed by atoms with Crippen LogP contribution in [0.5, 0.6) is 0 Å². The van der Waals surface area contributed by atoms with Crippen molar-refractivity contribution in [3.05, 3.63) is 35.4 Å². The van der Waals surface area contributed by atoms with E-state index in [1.165, 1.54) is 11.1 Å². The van der Waals surface area contributed by atoms with Gasteiger partial charge in [-0.25, -0.2) is 0 Å². The van der Waals surface area contributed by atoms with Gasteiger partial charge in [0.25, 0.3) is 0 Å². The summed E-state index contributed by atoms with van der Waals surface area (Å²) in [6.45, 7) is 2.28. The van der Waals surface area contributed by atoms with Crippen molar-refractivity contribution >= 4 is 11.9 Å². The number of carboxylic acid groups (broad SMARTS) is 1. The summed E-state index contributed by atoms with van der Waals surface area (Å²) in [4.78, 5) is 22.5. The molecule has 1 aromatic carbocycles. The Bertz CT molecular complexity index is 513. The average molecular weight is 289 g/mol. The van der Waals surface area contributed by atoms with Crippen molar-refractivity contribution in [1.29, 1.82) is 0 Å². The number of fused-ring (bicyclic) bond motifs is 1. The summed E-state index contributed by atoms with van der Waals surface area (Å²) in [5.41, 5.74) is 2.77. The van der Waals surface area contributed by atoms with Crippen LogP contribution in [0.15, 0.2) is 24.3 Å². The molecule has 2 atom stereocenters. The molecule has 0 saturated carbocycles. The number of hydrogen-bond donors (Lipinski definition) is 2. The molecule has 21 heavy (non-hydrogen) atoms. The molecule has 0 heterocycles. The summed E-state index contributed by atoms with van der Waals surface area (Å²) in [7, 11) is 0. The molecule has 1 aliphatic carbocycles. The fourth-order valence-electron chi connectivity index (χ4n) is 2.94. The lowest BCUT2D eigenvalue weighted by atomic mass is 9.82. The lowest BCUT2D eigenvalue weighted by molar-refractivity contribution is -0.138. The topological polar surface area (TPSA) is 66.4 Å². The van der Waals surface area contributed by atoms with Crippen LogP contribution in [-0.2, 0) is 22.4 Å². The summed E-state index contributed by atoms with van der Waals surface area (Å²) in [6, 6.07) is 8.43. The number of nitrogens with one attached hydrogen (secondary N) is 1. The molecule has 0 saturated heterocycles. The number of carbonyl (C=O) groups is 2. The van der Waals surface area contributed by atoms with Gasteiger partial charge in [-0.2, -0.15) is 0 Å². The van der Waals surface area contributed by atoms with Crippen LogP contribution in [0, 0.1) is 11.8 Å². The first-order valence-corrected chi connectivity index (χ1v) is 7.60. The second-order valence-electron chi connectivity index (χ2n) is 6.09. The van der Waals surface area contributed by atoms with Gasteiger partial charge in [0.05, 0.1) is 0 Å². The fourth-order valence-corrected chi connectivity index (χ4v) is 2.94. The lowest BCUT2D eigenvalue weighted by Crippen LogP contribution is -2.31. The molecular weight excluding hydrogens is 266 g/mol. The van der Waals surface area contributed by atoms with Gasteiger partial charge in [0.15, 0.2) is 0 Å². The van der Waals surface area contributed by atoms with E-state index in [-0.39, 0.29) is 18.2 Å². The second kappa shape index (κ2) is 7.25. The largest absolute Gasteiger partial charge is 0.481 e. The summed E-state index contributed by atoms with van der Waals surface area (Å²) < 4.78 is 0. The molecule has 2 N–H and O–H groups in total. The third-order valence-corrected chi connectivity index (χ3v) is 4.09. The van der Waals surface area contributed by atoms with Crippen molar-refractivity contribution in [3.8, 4) is 0 Å².